The zero-order valence-corrected chi connectivity index (χ0v) is 12.8. The number of furan rings is 1. The van der Waals surface area contributed by atoms with E-state index in [-0.39, 0.29) is 5.54 Å². The number of aryl methyl sites for hydroxylation is 2. The Hall–Kier alpha value is -1.55. The van der Waals surface area contributed by atoms with Crippen molar-refractivity contribution >= 4 is 0 Å². The van der Waals surface area contributed by atoms with E-state index in [2.05, 4.69) is 38.0 Å². The molecule has 0 aliphatic rings. The van der Waals surface area contributed by atoms with Crippen molar-refractivity contribution in [3.05, 3.63) is 30.0 Å². The molecule has 0 bridgehead atoms. The second-order valence-corrected chi connectivity index (χ2v) is 6.02. The highest BCUT2D eigenvalue weighted by Crippen LogP contribution is 2.23. The maximum absolute atomic E-state index is 5.73. The molecule has 0 aliphatic heterocycles. The van der Waals surface area contributed by atoms with E-state index in [1.807, 2.05) is 12.1 Å². The molecular weight excluding hydrogens is 252 g/mol. The molecule has 0 aliphatic carbocycles. The molecule has 2 aromatic rings. The molecule has 0 fully saturated rings. The van der Waals surface area contributed by atoms with Gasteiger partial charge in [0.25, 0.3) is 0 Å². The highest BCUT2D eigenvalue weighted by atomic mass is 16.4. The summed E-state index contributed by atoms with van der Waals surface area (Å²) in [6, 6.07) is 3.91. The van der Waals surface area contributed by atoms with E-state index >= 15 is 0 Å². The van der Waals surface area contributed by atoms with Gasteiger partial charge < -0.3 is 14.2 Å². The lowest BCUT2D eigenvalue weighted by atomic mass is 10.1. The maximum Gasteiger partial charge on any atom is 0.195 e. The first kappa shape index (κ1) is 14.9. The Morgan fingerprint density at radius 3 is 2.60 bits per heavy atom. The van der Waals surface area contributed by atoms with Gasteiger partial charge in [0.1, 0.15) is 5.76 Å². The Bertz CT molecular complexity index is 535. The van der Waals surface area contributed by atoms with Crippen LogP contribution >= 0.6 is 0 Å². The van der Waals surface area contributed by atoms with E-state index in [4.69, 9.17) is 8.83 Å². The second kappa shape index (κ2) is 6.27. The lowest BCUT2D eigenvalue weighted by Gasteiger charge is -2.19. The summed E-state index contributed by atoms with van der Waals surface area (Å²) in [5, 5.41) is 3.45. The summed E-state index contributed by atoms with van der Waals surface area (Å²) >= 11 is 0. The van der Waals surface area contributed by atoms with Gasteiger partial charge in [0, 0.05) is 18.4 Å². The largest absolute Gasteiger partial charge is 0.458 e. The van der Waals surface area contributed by atoms with Crippen LogP contribution in [-0.2, 0) is 12.8 Å². The lowest BCUT2D eigenvalue weighted by molar-refractivity contribution is 0.411. The van der Waals surface area contributed by atoms with Crippen LogP contribution in [0.3, 0.4) is 0 Å². The number of rotatable bonds is 6. The molecule has 110 valence electrons. The minimum absolute atomic E-state index is 0.159. The van der Waals surface area contributed by atoms with Crippen molar-refractivity contribution in [3.63, 3.8) is 0 Å². The quantitative estimate of drug-likeness (QED) is 0.815. The normalized spacial score (nSPS) is 12.0. The fourth-order valence-corrected chi connectivity index (χ4v) is 1.94. The second-order valence-electron chi connectivity index (χ2n) is 6.02. The van der Waals surface area contributed by atoms with Gasteiger partial charge in [-0.3, -0.25) is 0 Å². The number of hydrogen-bond donors (Lipinski definition) is 1. The van der Waals surface area contributed by atoms with Crippen LogP contribution in [0.4, 0.5) is 0 Å². The predicted molar refractivity (Wildman–Crippen MR) is 79.7 cm³/mol. The third-order valence-electron chi connectivity index (χ3n) is 3.03. The van der Waals surface area contributed by atoms with Crippen LogP contribution in [0.1, 0.15) is 45.8 Å². The zero-order valence-electron chi connectivity index (χ0n) is 12.8. The van der Waals surface area contributed by atoms with Crippen molar-refractivity contribution in [3.8, 4) is 11.5 Å². The van der Waals surface area contributed by atoms with E-state index in [1.54, 1.807) is 6.20 Å². The summed E-state index contributed by atoms with van der Waals surface area (Å²) in [4.78, 5) is 4.31. The van der Waals surface area contributed by atoms with E-state index in [0.29, 0.717) is 5.76 Å². The Labute approximate surface area is 120 Å². The molecule has 0 unspecified atom stereocenters. The molecule has 20 heavy (non-hydrogen) atoms. The number of oxazole rings is 1. The zero-order chi connectivity index (χ0) is 14.6. The number of aromatic nitrogens is 1. The van der Waals surface area contributed by atoms with Crippen molar-refractivity contribution in [2.75, 3.05) is 6.54 Å². The topological polar surface area (TPSA) is 51.2 Å². The summed E-state index contributed by atoms with van der Waals surface area (Å²) < 4.78 is 11.4. The average molecular weight is 276 g/mol. The van der Waals surface area contributed by atoms with Gasteiger partial charge in [0.2, 0.25) is 0 Å². The van der Waals surface area contributed by atoms with Gasteiger partial charge in [-0.05, 0) is 45.9 Å². The summed E-state index contributed by atoms with van der Waals surface area (Å²) in [5.74, 6) is 3.20. The van der Waals surface area contributed by atoms with Crippen LogP contribution in [0.15, 0.2) is 27.2 Å². The lowest BCUT2D eigenvalue weighted by Crippen LogP contribution is -2.36. The number of nitrogens with zero attached hydrogens (tertiary/aromatic N) is 1. The third-order valence-corrected chi connectivity index (χ3v) is 3.03. The third kappa shape index (κ3) is 4.23. The molecule has 1 N–H and O–H groups in total. The minimum Gasteiger partial charge on any atom is -0.458 e. The van der Waals surface area contributed by atoms with E-state index in [1.165, 1.54) is 0 Å². The standard InChI is InChI=1S/C16H24N2O2/c1-5-12-8-9-13(19-12)14-11-17-15(20-14)7-6-10-18-16(2,3)4/h8-9,11,18H,5-7,10H2,1-4H3. The predicted octanol–water partition coefficient (Wildman–Crippen LogP) is 3.82. The molecule has 4 nitrogen and oxygen atoms in total. The molecule has 0 atom stereocenters. The fraction of sp³-hybridized carbons (Fsp3) is 0.562. The van der Waals surface area contributed by atoms with Gasteiger partial charge in [-0.25, -0.2) is 4.98 Å². The average Bonchev–Trinajstić information content (AvgIpc) is 3.02. The molecule has 2 aromatic heterocycles. The Morgan fingerprint density at radius 2 is 1.95 bits per heavy atom. The van der Waals surface area contributed by atoms with Crippen LogP contribution in [-0.4, -0.2) is 17.1 Å². The van der Waals surface area contributed by atoms with Crippen LogP contribution in [0.2, 0.25) is 0 Å². The van der Waals surface area contributed by atoms with Gasteiger partial charge >= 0.3 is 0 Å². The highest BCUT2D eigenvalue weighted by Gasteiger charge is 2.11. The van der Waals surface area contributed by atoms with E-state index < -0.39 is 0 Å². The van der Waals surface area contributed by atoms with Crippen LogP contribution in [0.25, 0.3) is 11.5 Å². The SMILES string of the molecule is CCc1ccc(-c2cnc(CCCNC(C)(C)C)o2)o1. The Balaban J connectivity index is 1.86. The molecule has 2 heterocycles. The molecule has 0 amide bonds. The molecule has 2 rings (SSSR count). The van der Waals surface area contributed by atoms with Crippen LogP contribution in [0, 0.1) is 0 Å². The minimum atomic E-state index is 0.159. The first-order chi connectivity index (χ1) is 9.48. The van der Waals surface area contributed by atoms with Crippen molar-refractivity contribution in [2.24, 2.45) is 0 Å². The number of nitrogens with one attached hydrogen (secondary N) is 1. The molecule has 0 saturated carbocycles. The molecule has 0 spiro atoms. The summed E-state index contributed by atoms with van der Waals surface area (Å²) in [7, 11) is 0. The van der Waals surface area contributed by atoms with Gasteiger partial charge in [-0.1, -0.05) is 6.92 Å². The van der Waals surface area contributed by atoms with Crippen LogP contribution in [0.5, 0.6) is 0 Å². The number of hydrogen-bond acceptors (Lipinski definition) is 4. The van der Waals surface area contributed by atoms with Gasteiger partial charge in [0.15, 0.2) is 17.4 Å². The summed E-state index contributed by atoms with van der Waals surface area (Å²) in [6.07, 6.45) is 4.48. The van der Waals surface area contributed by atoms with E-state index in [9.17, 15) is 0 Å². The van der Waals surface area contributed by atoms with Gasteiger partial charge in [0.05, 0.1) is 6.20 Å². The smallest absolute Gasteiger partial charge is 0.195 e. The maximum atomic E-state index is 5.73. The van der Waals surface area contributed by atoms with Crippen LogP contribution < -0.4 is 5.32 Å². The molecule has 4 heteroatoms. The summed E-state index contributed by atoms with van der Waals surface area (Å²) in [6.45, 7) is 9.52. The van der Waals surface area contributed by atoms with Gasteiger partial charge in [-0.15, -0.1) is 0 Å². The van der Waals surface area contributed by atoms with E-state index in [0.717, 1.165) is 43.2 Å². The fourth-order valence-electron chi connectivity index (χ4n) is 1.94. The van der Waals surface area contributed by atoms with Crippen molar-refractivity contribution < 1.29 is 8.83 Å². The van der Waals surface area contributed by atoms with Gasteiger partial charge in [-0.2, -0.15) is 0 Å². The molecule has 0 aromatic carbocycles. The Morgan fingerprint density at radius 1 is 1.15 bits per heavy atom. The van der Waals surface area contributed by atoms with Crippen molar-refractivity contribution in [1.82, 2.24) is 10.3 Å². The molecule has 0 radical (unpaired) electrons. The van der Waals surface area contributed by atoms with Crippen molar-refractivity contribution in [1.29, 1.82) is 0 Å². The summed E-state index contributed by atoms with van der Waals surface area (Å²) in [5.41, 5.74) is 0.159. The Kier molecular flexibility index (Phi) is 4.65. The molecular formula is C16H24N2O2. The van der Waals surface area contributed by atoms with Crippen molar-refractivity contribution in [2.45, 2.75) is 52.5 Å². The monoisotopic (exact) mass is 276 g/mol. The highest BCUT2D eigenvalue weighted by molar-refractivity contribution is 5.48. The molecule has 0 saturated heterocycles. The first-order valence-electron chi connectivity index (χ1n) is 7.27. The first-order valence-corrected chi connectivity index (χ1v) is 7.27.